The van der Waals surface area contributed by atoms with Gasteiger partial charge in [0.05, 0.1) is 10.8 Å². The van der Waals surface area contributed by atoms with Gasteiger partial charge in [0.2, 0.25) is 0 Å². The van der Waals surface area contributed by atoms with Gasteiger partial charge < -0.3 is 10.1 Å². The number of halogens is 3. The molecular formula is C12H14F3NO2S. The number of benzene rings is 1. The normalized spacial score (nSPS) is 12.9. The first-order valence-corrected chi connectivity index (χ1v) is 6.51. The Bertz CT molecular complexity index is 437. The molecule has 1 amide bonds. The van der Waals surface area contributed by atoms with E-state index in [1.165, 1.54) is 13.1 Å². The summed E-state index contributed by atoms with van der Waals surface area (Å²) in [5.41, 5.74) is 0. The zero-order chi connectivity index (χ0) is 14.5. The van der Waals surface area contributed by atoms with Crippen molar-refractivity contribution in [3.8, 4) is 5.75 Å². The Labute approximate surface area is 113 Å². The molecule has 1 unspecified atom stereocenters. The third kappa shape index (κ3) is 5.02. The standard InChI is InChI=1S/C12H14F3NO2S/c1-8(12(13,14)15)7-19-10-6-4-3-5-9(10)18-11(17)16-2/h3-6,8H,7H2,1-2H3,(H,16,17). The quantitative estimate of drug-likeness (QED) is 0.860. The molecule has 0 saturated heterocycles. The monoisotopic (exact) mass is 293 g/mol. The average molecular weight is 293 g/mol. The molecule has 1 aromatic rings. The molecule has 1 N–H and O–H groups in total. The maximum Gasteiger partial charge on any atom is 0.412 e. The van der Waals surface area contributed by atoms with E-state index in [1.807, 2.05) is 0 Å². The number of hydrogen-bond acceptors (Lipinski definition) is 3. The molecule has 7 heteroatoms. The van der Waals surface area contributed by atoms with Crippen LogP contribution in [-0.2, 0) is 0 Å². The van der Waals surface area contributed by atoms with Gasteiger partial charge in [0.15, 0.2) is 0 Å². The lowest BCUT2D eigenvalue weighted by atomic mass is 10.2. The Hall–Kier alpha value is -1.37. The van der Waals surface area contributed by atoms with E-state index in [0.717, 1.165) is 18.7 Å². The zero-order valence-corrected chi connectivity index (χ0v) is 11.3. The summed E-state index contributed by atoms with van der Waals surface area (Å²) < 4.78 is 42.2. The van der Waals surface area contributed by atoms with Crippen LogP contribution in [0.4, 0.5) is 18.0 Å². The Morgan fingerprint density at radius 2 is 2.05 bits per heavy atom. The molecule has 0 fully saturated rings. The predicted molar refractivity (Wildman–Crippen MR) is 67.5 cm³/mol. The van der Waals surface area contributed by atoms with Gasteiger partial charge in [-0.2, -0.15) is 13.2 Å². The first kappa shape index (κ1) is 15.7. The molecular weight excluding hydrogens is 279 g/mol. The van der Waals surface area contributed by atoms with Crippen molar-refractivity contribution in [2.75, 3.05) is 12.8 Å². The van der Waals surface area contributed by atoms with Crippen LogP contribution in [0.15, 0.2) is 29.2 Å². The lowest BCUT2D eigenvalue weighted by Crippen LogP contribution is -2.23. The highest BCUT2D eigenvalue weighted by molar-refractivity contribution is 7.99. The second-order valence-electron chi connectivity index (χ2n) is 3.84. The fraction of sp³-hybridized carbons (Fsp3) is 0.417. The summed E-state index contributed by atoms with van der Waals surface area (Å²) in [6.07, 6.45) is -4.87. The van der Waals surface area contributed by atoms with Gasteiger partial charge in [-0.1, -0.05) is 19.1 Å². The summed E-state index contributed by atoms with van der Waals surface area (Å²) in [7, 11) is 1.41. The number of amides is 1. The Kier molecular flexibility index (Phi) is 5.53. The van der Waals surface area contributed by atoms with Crippen LogP contribution >= 0.6 is 11.8 Å². The van der Waals surface area contributed by atoms with Crippen molar-refractivity contribution in [3.05, 3.63) is 24.3 Å². The molecule has 0 aliphatic carbocycles. The average Bonchev–Trinajstić information content (AvgIpc) is 2.36. The van der Waals surface area contributed by atoms with Crippen LogP contribution in [0.25, 0.3) is 0 Å². The van der Waals surface area contributed by atoms with Gasteiger partial charge in [0.1, 0.15) is 5.75 Å². The minimum Gasteiger partial charge on any atom is -0.409 e. The van der Waals surface area contributed by atoms with E-state index in [9.17, 15) is 18.0 Å². The van der Waals surface area contributed by atoms with Crippen molar-refractivity contribution >= 4 is 17.9 Å². The van der Waals surface area contributed by atoms with Gasteiger partial charge in [-0.05, 0) is 12.1 Å². The van der Waals surface area contributed by atoms with E-state index in [2.05, 4.69) is 5.32 Å². The van der Waals surface area contributed by atoms with Gasteiger partial charge in [-0.15, -0.1) is 11.8 Å². The maximum absolute atomic E-state index is 12.4. The minimum absolute atomic E-state index is 0.127. The Morgan fingerprint density at radius 1 is 1.42 bits per heavy atom. The molecule has 1 aromatic carbocycles. The van der Waals surface area contributed by atoms with Crippen molar-refractivity contribution in [1.29, 1.82) is 0 Å². The van der Waals surface area contributed by atoms with Crippen LogP contribution in [0.1, 0.15) is 6.92 Å². The molecule has 1 atom stereocenters. The van der Waals surface area contributed by atoms with Crippen LogP contribution in [-0.4, -0.2) is 25.1 Å². The first-order chi connectivity index (χ1) is 8.84. The molecule has 0 aromatic heterocycles. The van der Waals surface area contributed by atoms with Gasteiger partial charge in [0.25, 0.3) is 0 Å². The van der Waals surface area contributed by atoms with Crippen molar-refractivity contribution in [3.63, 3.8) is 0 Å². The summed E-state index contributed by atoms with van der Waals surface area (Å²) >= 11 is 1.01. The second kappa shape index (κ2) is 6.70. The van der Waals surface area contributed by atoms with Crippen LogP contribution in [0.3, 0.4) is 0 Å². The number of hydrogen-bond donors (Lipinski definition) is 1. The SMILES string of the molecule is CNC(=O)Oc1ccccc1SCC(C)C(F)(F)F. The number of rotatable bonds is 4. The zero-order valence-electron chi connectivity index (χ0n) is 10.5. The van der Waals surface area contributed by atoms with E-state index >= 15 is 0 Å². The van der Waals surface area contributed by atoms with Crippen molar-refractivity contribution in [1.82, 2.24) is 5.32 Å². The fourth-order valence-electron chi connectivity index (χ4n) is 1.11. The summed E-state index contributed by atoms with van der Waals surface area (Å²) in [5, 5.41) is 2.28. The van der Waals surface area contributed by atoms with E-state index < -0.39 is 18.2 Å². The van der Waals surface area contributed by atoms with Gasteiger partial charge in [-0.3, -0.25) is 0 Å². The largest absolute Gasteiger partial charge is 0.412 e. The van der Waals surface area contributed by atoms with Crippen molar-refractivity contribution in [2.45, 2.75) is 18.0 Å². The van der Waals surface area contributed by atoms with E-state index in [4.69, 9.17) is 4.74 Å². The third-order valence-corrected chi connectivity index (χ3v) is 3.62. The highest BCUT2D eigenvalue weighted by atomic mass is 32.2. The number of nitrogens with one attached hydrogen (secondary N) is 1. The number of alkyl halides is 3. The van der Waals surface area contributed by atoms with Crippen LogP contribution < -0.4 is 10.1 Å². The number of ether oxygens (including phenoxy) is 1. The van der Waals surface area contributed by atoms with Gasteiger partial charge >= 0.3 is 12.3 Å². The van der Waals surface area contributed by atoms with Crippen molar-refractivity contribution in [2.24, 2.45) is 5.92 Å². The first-order valence-electron chi connectivity index (χ1n) is 5.52. The van der Waals surface area contributed by atoms with Crippen LogP contribution in [0.5, 0.6) is 5.75 Å². The third-order valence-electron chi connectivity index (χ3n) is 2.30. The number of thioether (sulfide) groups is 1. The number of carbonyl (C=O) groups is 1. The highest BCUT2D eigenvalue weighted by Gasteiger charge is 2.35. The van der Waals surface area contributed by atoms with Gasteiger partial charge in [-0.25, -0.2) is 4.79 Å². The second-order valence-corrected chi connectivity index (χ2v) is 4.90. The molecule has 0 saturated carbocycles. The Balaban J connectivity index is 2.70. The summed E-state index contributed by atoms with van der Waals surface area (Å²) in [6, 6.07) is 6.48. The highest BCUT2D eigenvalue weighted by Crippen LogP contribution is 2.35. The smallest absolute Gasteiger partial charge is 0.409 e. The molecule has 106 valence electrons. The molecule has 0 spiro atoms. The summed E-state index contributed by atoms with van der Waals surface area (Å²) in [4.78, 5) is 11.6. The molecule has 0 aliphatic heterocycles. The van der Waals surface area contributed by atoms with E-state index in [0.29, 0.717) is 4.90 Å². The van der Waals surface area contributed by atoms with Crippen LogP contribution in [0.2, 0.25) is 0 Å². The number of carbonyl (C=O) groups excluding carboxylic acids is 1. The lowest BCUT2D eigenvalue weighted by Gasteiger charge is -2.15. The van der Waals surface area contributed by atoms with Gasteiger partial charge in [0, 0.05) is 12.8 Å². The van der Waals surface area contributed by atoms with E-state index in [1.54, 1.807) is 18.2 Å². The topological polar surface area (TPSA) is 38.3 Å². The number of para-hydroxylation sites is 1. The van der Waals surface area contributed by atoms with E-state index in [-0.39, 0.29) is 11.5 Å². The molecule has 19 heavy (non-hydrogen) atoms. The molecule has 0 bridgehead atoms. The summed E-state index contributed by atoms with van der Waals surface area (Å²) in [6.45, 7) is 1.12. The fourth-order valence-corrected chi connectivity index (χ4v) is 2.16. The maximum atomic E-state index is 12.4. The van der Waals surface area contributed by atoms with Crippen LogP contribution in [0, 0.1) is 5.92 Å². The van der Waals surface area contributed by atoms with Crippen molar-refractivity contribution < 1.29 is 22.7 Å². The lowest BCUT2D eigenvalue weighted by molar-refractivity contribution is -0.162. The molecule has 3 nitrogen and oxygen atoms in total. The molecule has 0 radical (unpaired) electrons. The molecule has 0 heterocycles. The molecule has 1 rings (SSSR count). The minimum atomic E-state index is -4.22. The molecule has 0 aliphatic rings. The Morgan fingerprint density at radius 3 is 2.63 bits per heavy atom. The predicted octanol–water partition coefficient (Wildman–Crippen LogP) is 3.70. The summed E-state index contributed by atoms with van der Waals surface area (Å²) in [5.74, 6) is -1.30.